The Labute approximate surface area is 88.6 Å². The standard InChI is InChI=1S/C8H11.3ClH.Zr/c1-6-4-5-7(2)8(6)3;;;;/h4H2,1-3H3;3*1H;/q;;;;+3/p-3. The number of halogens is 3. The van der Waals surface area contributed by atoms with Crippen molar-refractivity contribution in [2.45, 2.75) is 27.2 Å². The Hall–Kier alpha value is 1.23. The van der Waals surface area contributed by atoms with Crippen LogP contribution in [-0.2, 0) is 16.7 Å². The molecule has 0 aromatic heterocycles. The van der Waals surface area contributed by atoms with Gasteiger partial charge < -0.3 is 0 Å². The molecule has 0 heterocycles. The molecule has 0 fully saturated rings. The molecule has 0 N–H and O–H groups in total. The molecule has 0 spiro atoms. The van der Waals surface area contributed by atoms with Gasteiger partial charge in [0.15, 0.2) is 0 Å². The van der Waals surface area contributed by atoms with E-state index in [-0.39, 0.29) is 0 Å². The Balaban J connectivity index is 3.03. The zero-order valence-corrected chi connectivity index (χ0v) is 12.1. The van der Waals surface area contributed by atoms with Crippen LogP contribution in [0.1, 0.15) is 27.2 Å². The summed E-state index contributed by atoms with van der Waals surface area (Å²) < 4.78 is 1.13. The van der Waals surface area contributed by atoms with Crippen molar-refractivity contribution in [1.29, 1.82) is 0 Å². The van der Waals surface area contributed by atoms with Crippen LogP contribution in [0.5, 0.6) is 0 Å². The molecule has 0 amide bonds. The topological polar surface area (TPSA) is 0 Å². The molecule has 0 saturated heterocycles. The fourth-order valence-electron chi connectivity index (χ4n) is 1.39. The first-order valence-electron chi connectivity index (χ1n) is 3.77. The molecule has 0 aromatic carbocycles. The van der Waals surface area contributed by atoms with Crippen LogP contribution in [0.2, 0.25) is 0 Å². The molecule has 68 valence electrons. The van der Waals surface area contributed by atoms with Gasteiger partial charge in [-0.05, 0) is 0 Å². The summed E-state index contributed by atoms with van der Waals surface area (Å²) >= 11 is -3.32. The van der Waals surface area contributed by atoms with Crippen LogP contribution in [0, 0.1) is 0 Å². The molecule has 0 bridgehead atoms. The van der Waals surface area contributed by atoms with Gasteiger partial charge in [0.2, 0.25) is 0 Å². The maximum atomic E-state index is 6.02. The van der Waals surface area contributed by atoms with Crippen molar-refractivity contribution < 1.29 is 16.7 Å². The van der Waals surface area contributed by atoms with Crippen LogP contribution in [0.4, 0.5) is 0 Å². The molecule has 0 nitrogen and oxygen atoms in total. The van der Waals surface area contributed by atoms with Crippen molar-refractivity contribution in [3.8, 4) is 0 Å². The first-order valence-corrected chi connectivity index (χ1v) is 14.5. The van der Waals surface area contributed by atoms with E-state index in [0.717, 1.165) is 9.70 Å². The summed E-state index contributed by atoms with van der Waals surface area (Å²) in [5, 5.41) is 0. The third kappa shape index (κ3) is 2.18. The van der Waals surface area contributed by atoms with E-state index in [9.17, 15) is 0 Å². The van der Waals surface area contributed by atoms with Gasteiger partial charge in [-0.2, -0.15) is 0 Å². The van der Waals surface area contributed by atoms with E-state index >= 15 is 0 Å². The zero-order chi connectivity index (χ0) is 9.52. The Morgan fingerprint density at radius 2 is 1.50 bits per heavy atom. The molecule has 0 saturated carbocycles. The van der Waals surface area contributed by atoms with Crippen molar-refractivity contribution in [3.63, 3.8) is 0 Å². The van der Waals surface area contributed by atoms with Crippen LogP contribution >= 0.6 is 25.5 Å². The fourth-order valence-corrected chi connectivity index (χ4v) is 7.74. The summed E-state index contributed by atoms with van der Waals surface area (Å²) in [6, 6.07) is 0. The summed E-state index contributed by atoms with van der Waals surface area (Å²) in [7, 11) is 18.1. The number of hydrogen-bond acceptors (Lipinski definition) is 0. The van der Waals surface area contributed by atoms with Crippen molar-refractivity contribution in [2.24, 2.45) is 0 Å². The van der Waals surface area contributed by atoms with Gasteiger partial charge in [-0.1, -0.05) is 0 Å². The molecule has 12 heavy (non-hydrogen) atoms. The average molecular weight is 305 g/mol. The van der Waals surface area contributed by atoms with E-state index in [2.05, 4.69) is 20.8 Å². The third-order valence-electron chi connectivity index (χ3n) is 2.44. The van der Waals surface area contributed by atoms with Gasteiger partial charge in [-0.15, -0.1) is 0 Å². The second kappa shape index (κ2) is 3.77. The predicted molar refractivity (Wildman–Crippen MR) is 53.3 cm³/mol. The molecule has 0 aliphatic heterocycles. The van der Waals surface area contributed by atoms with Crippen LogP contribution < -0.4 is 0 Å². The van der Waals surface area contributed by atoms with E-state index < -0.39 is 16.7 Å². The predicted octanol–water partition coefficient (Wildman–Crippen LogP) is 4.62. The molecule has 4 heteroatoms. The molecular weight excluding hydrogens is 294 g/mol. The van der Waals surface area contributed by atoms with Crippen molar-refractivity contribution in [2.75, 3.05) is 0 Å². The fraction of sp³-hybridized carbons (Fsp3) is 0.500. The van der Waals surface area contributed by atoms with E-state index in [0.29, 0.717) is 0 Å². The quantitative estimate of drug-likeness (QED) is 0.663. The van der Waals surface area contributed by atoms with Gasteiger partial charge >= 0.3 is 89.4 Å². The van der Waals surface area contributed by atoms with Gasteiger partial charge in [-0.3, -0.25) is 0 Å². The zero-order valence-electron chi connectivity index (χ0n) is 7.34. The van der Waals surface area contributed by atoms with Gasteiger partial charge in [0, 0.05) is 0 Å². The van der Waals surface area contributed by atoms with Crippen molar-refractivity contribution >= 4 is 25.5 Å². The van der Waals surface area contributed by atoms with Gasteiger partial charge in [0.25, 0.3) is 0 Å². The molecule has 1 rings (SSSR count). The van der Waals surface area contributed by atoms with E-state index in [1.165, 1.54) is 16.7 Å². The summed E-state index contributed by atoms with van der Waals surface area (Å²) in [4.78, 5) is 0. The third-order valence-corrected chi connectivity index (χ3v) is 9.53. The summed E-state index contributed by atoms with van der Waals surface area (Å²) in [6.07, 6.45) is 0.893. The van der Waals surface area contributed by atoms with Gasteiger partial charge in [-0.25, -0.2) is 0 Å². The maximum absolute atomic E-state index is 6.02. The van der Waals surface area contributed by atoms with E-state index in [1.54, 1.807) is 0 Å². The van der Waals surface area contributed by atoms with Crippen LogP contribution in [0.3, 0.4) is 0 Å². The number of hydrogen-bond donors (Lipinski definition) is 0. The summed E-state index contributed by atoms with van der Waals surface area (Å²) in [5.74, 6) is 0. The minimum absolute atomic E-state index is 0.893. The Bertz CT molecular complexity index is 271. The van der Waals surface area contributed by atoms with Gasteiger partial charge in [0.05, 0.1) is 0 Å². The number of rotatable bonds is 1. The second-order valence-electron chi connectivity index (χ2n) is 3.18. The molecule has 0 unspecified atom stereocenters. The van der Waals surface area contributed by atoms with Crippen LogP contribution in [0.25, 0.3) is 0 Å². The molecular formula is C8H11Cl3Zr. The molecule has 1 aliphatic rings. The van der Waals surface area contributed by atoms with Gasteiger partial charge in [0.1, 0.15) is 0 Å². The van der Waals surface area contributed by atoms with Crippen LogP contribution in [0.15, 0.2) is 20.0 Å². The number of allylic oxidation sites excluding steroid dienone is 4. The normalized spacial score (nSPS) is 19.5. The Morgan fingerprint density at radius 1 is 1.00 bits per heavy atom. The minimum atomic E-state index is -3.32. The molecule has 0 aromatic rings. The molecule has 0 atom stereocenters. The first-order chi connectivity index (χ1) is 5.34. The Morgan fingerprint density at radius 3 is 1.67 bits per heavy atom. The second-order valence-corrected chi connectivity index (χ2v) is 20.6. The van der Waals surface area contributed by atoms with E-state index in [4.69, 9.17) is 25.5 Å². The average Bonchev–Trinajstić information content (AvgIpc) is 2.15. The molecule has 0 radical (unpaired) electrons. The van der Waals surface area contributed by atoms with Crippen molar-refractivity contribution in [1.82, 2.24) is 0 Å². The monoisotopic (exact) mass is 302 g/mol. The Kier molecular flexibility index (Phi) is 3.55. The van der Waals surface area contributed by atoms with Crippen molar-refractivity contribution in [3.05, 3.63) is 20.0 Å². The van der Waals surface area contributed by atoms with Crippen LogP contribution in [-0.4, -0.2) is 0 Å². The molecule has 1 aliphatic carbocycles. The van der Waals surface area contributed by atoms with E-state index in [1.807, 2.05) is 0 Å². The summed E-state index contributed by atoms with van der Waals surface area (Å²) in [5.41, 5.74) is 3.89. The summed E-state index contributed by atoms with van der Waals surface area (Å²) in [6.45, 7) is 6.26. The SMILES string of the molecule is CC1=C(C)C(C)=[C]([Zr]([Cl])([Cl])[Cl])C1. The first kappa shape index (κ1) is 11.3.